The van der Waals surface area contributed by atoms with Crippen molar-refractivity contribution in [2.45, 2.75) is 58.0 Å². The predicted molar refractivity (Wildman–Crippen MR) is 118 cm³/mol. The molecule has 1 unspecified atom stereocenters. The lowest BCUT2D eigenvalue weighted by Gasteiger charge is -2.34. The smallest absolute Gasteiger partial charge is 0.217 e. The average molecular weight is 400 g/mol. The molecule has 6 nitrogen and oxygen atoms in total. The first-order valence-electron chi connectivity index (χ1n) is 11.2. The van der Waals surface area contributed by atoms with Gasteiger partial charge in [-0.15, -0.1) is 0 Å². The maximum atomic E-state index is 11.2. The van der Waals surface area contributed by atoms with E-state index in [9.17, 15) is 4.79 Å². The fraction of sp³-hybridized carbons (Fsp3) is 0.652. The number of primary amides is 1. The zero-order chi connectivity index (χ0) is 20.5. The molecule has 0 saturated carbocycles. The maximum absolute atomic E-state index is 11.2. The summed E-state index contributed by atoms with van der Waals surface area (Å²) in [4.78, 5) is 20.5. The van der Waals surface area contributed by atoms with Gasteiger partial charge in [-0.2, -0.15) is 0 Å². The van der Waals surface area contributed by atoms with Crippen molar-refractivity contribution in [1.29, 1.82) is 0 Å². The highest BCUT2D eigenvalue weighted by Crippen LogP contribution is 2.19. The van der Waals surface area contributed by atoms with Gasteiger partial charge in [0.2, 0.25) is 5.91 Å². The van der Waals surface area contributed by atoms with Crippen LogP contribution in [0.4, 0.5) is 0 Å². The molecule has 29 heavy (non-hydrogen) atoms. The summed E-state index contributed by atoms with van der Waals surface area (Å²) in [6, 6.07) is 8.96. The standard InChI is InChI=1S/C23H37N5O/c1-25-23(28-14-6-7-21(18-28)15-22(24)29)26-16-19-8-10-20(11-9-19)17-27-12-4-2-3-5-13-27/h8-11,21H,2-7,12-18H2,1H3,(H2,24,29)(H,25,26). The van der Waals surface area contributed by atoms with Crippen LogP contribution in [-0.2, 0) is 17.9 Å². The number of carbonyl (C=O) groups excluding carboxylic acids is 1. The highest BCUT2D eigenvalue weighted by molar-refractivity contribution is 5.80. The van der Waals surface area contributed by atoms with Crippen molar-refractivity contribution in [1.82, 2.24) is 15.1 Å². The number of aliphatic imine (C=N–C) groups is 1. The Hall–Kier alpha value is -2.08. The van der Waals surface area contributed by atoms with Gasteiger partial charge < -0.3 is 16.0 Å². The van der Waals surface area contributed by atoms with Crippen LogP contribution in [0.3, 0.4) is 0 Å². The Bertz CT molecular complexity index is 664. The molecular weight excluding hydrogens is 362 g/mol. The van der Waals surface area contributed by atoms with Gasteiger partial charge in [0, 0.05) is 39.6 Å². The summed E-state index contributed by atoms with van der Waals surface area (Å²) in [5.41, 5.74) is 8.04. The molecule has 160 valence electrons. The lowest BCUT2D eigenvalue weighted by atomic mass is 9.95. The number of rotatable bonds is 6. The number of amides is 1. The Balaban J connectivity index is 1.48. The third kappa shape index (κ3) is 7.03. The number of hydrogen-bond donors (Lipinski definition) is 2. The summed E-state index contributed by atoms with van der Waals surface area (Å²) in [6.45, 7) is 6.09. The van der Waals surface area contributed by atoms with Crippen molar-refractivity contribution in [2.24, 2.45) is 16.6 Å². The van der Waals surface area contributed by atoms with Gasteiger partial charge >= 0.3 is 0 Å². The number of nitrogens with one attached hydrogen (secondary N) is 1. The molecule has 0 radical (unpaired) electrons. The molecule has 0 spiro atoms. The molecule has 0 aliphatic carbocycles. The first-order valence-corrected chi connectivity index (χ1v) is 11.2. The number of nitrogens with zero attached hydrogens (tertiary/aromatic N) is 3. The summed E-state index contributed by atoms with van der Waals surface area (Å²) < 4.78 is 0. The van der Waals surface area contributed by atoms with Gasteiger partial charge in [-0.3, -0.25) is 14.7 Å². The molecule has 2 fully saturated rings. The van der Waals surface area contributed by atoms with E-state index in [2.05, 4.69) is 44.4 Å². The van der Waals surface area contributed by atoms with E-state index in [4.69, 9.17) is 5.73 Å². The topological polar surface area (TPSA) is 74.0 Å². The number of benzene rings is 1. The number of piperidine rings is 1. The van der Waals surface area contributed by atoms with Crippen LogP contribution in [0.5, 0.6) is 0 Å². The summed E-state index contributed by atoms with van der Waals surface area (Å²) in [6.07, 6.45) is 8.02. The summed E-state index contributed by atoms with van der Waals surface area (Å²) in [7, 11) is 1.82. The third-order valence-electron chi connectivity index (χ3n) is 6.10. The van der Waals surface area contributed by atoms with Gasteiger partial charge in [-0.1, -0.05) is 37.1 Å². The molecule has 3 N–H and O–H groups in total. The minimum absolute atomic E-state index is 0.208. The minimum Gasteiger partial charge on any atom is -0.370 e. The number of guanidine groups is 1. The van der Waals surface area contributed by atoms with Crippen LogP contribution in [-0.4, -0.2) is 54.9 Å². The second kappa shape index (κ2) is 11.2. The Morgan fingerprint density at radius 1 is 1.07 bits per heavy atom. The van der Waals surface area contributed by atoms with E-state index in [1.807, 2.05) is 7.05 Å². The summed E-state index contributed by atoms with van der Waals surface area (Å²) in [5, 5.41) is 3.49. The van der Waals surface area contributed by atoms with Crippen molar-refractivity contribution in [3.63, 3.8) is 0 Å². The SMILES string of the molecule is CN=C(NCc1ccc(CN2CCCCCC2)cc1)N1CCCC(CC(N)=O)C1. The van der Waals surface area contributed by atoms with E-state index in [0.717, 1.165) is 45.0 Å². The number of nitrogens with two attached hydrogens (primary N) is 1. The maximum Gasteiger partial charge on any atom is 0.217 e. The van der Waals surface area contributed by atoms with E-state index in [1.165, 1.54) is 49.9 Å². The number of carbonyl (C=O) groups is 1. The lowest BCUT2D eigenvalue weighted by molar-refractivity contribution is -0.119. The third-order valence-corrected chi connectivity index (χ3v) is 6.10. The molecule has 0 bridgehead atoms. The van der Waals surface area contributed by atoms with Crippen molar-refractivity contribution in [3.8, 4) is 0 Å². The van der Waals surface area contributed by atoms with Crippen molar-refractivity contribution in [2.75, 3.05) is 33.2 Å². The van der Waals surface area contributed by atoms with Crippen LogP contribution >= 0.6 is 0 Å². The second-order valence-corrected chi connectivity index (χ2v) is 8.53. The second-order valence-electron chi connectivity index (χ2n) is 8.53. The molecular formula is C23H37N5O. The van der Waals surface area contributed by atoms with Crippen molar-refractivity contribution in [3.05, 3.63) is 35.4 Å². The number of likely N-dealkylation sites (tertiary alicyclic amines) is 2. The Labute approximate surface area is 175 Å². The minimum atomic E-state index is -0.208. The van der Waals surface area contributed by atoms with Gasteiger partial charge in [0.25, 0.3) is 0 Å². The monoisotopic (exact) mass is 399 g/mol. The highest BCUT2D eigenvalue weighted by Gasteiger charge is 2.23. The van der Waals surface area contributed by atoms with Gasteiger partial charge in [-0.25, -0.2) is 0 Å². The van der Waals surface area contributed by atoms with E-state index >= 15 is 0 Å². The molecule has 2 aliphatic heterocycles. The van der Waals surface area contributed by atoms with Gasteiger partial charge in [0.1, 0.15) is 0 Å². The zero-order valence-electron chi connectivity index (χ0n) is 17.9. The fourth-order valence-electron chi connectivity index (χ4n) is 4.54. The molecule has 2 aliphatic rings. The lowest BCUT2D eigenvalue weighted by Crippen LogP contribution is -2.46. The predicted octanol–water partition coefficient (Wildman–Crippen LogP) is 2.73. The van der Waals surface area contributed by atoms with Crippen LogP contribution in [0, 0.1) is 5.92 Å². The van der Waals surface area contributed by atoms with Gasteiger partial charge in [0.15, 0.2) is 5.96 Å². The van der Waals surface area contributed by atoms with Crippen LogP contribution in [0.2, 0.25) is 0 Å². The Morgan fingerprint density at radius 3 is 2.41 bits per heavy atom. The van der Waals surface area contributed by atoms with Crippen molar-refractivity contribution >= 4 is 11.9 Å². The van der Waals surface area contributed by atoms with E-state index < -0.39 is 0 Å². The molecule has 0 aromatic heterocycles. The summed E-state index contributed by atoms with van der Waals surface area (Å²) >= 11 is 0. The molecule has 1 aromatic carbocycles. The van der Waals surface area contributed by atoms with E-state index in [0.29, 0.717) is 12.3 Å². The average Bonchev–Trinajstić information content (AvgIpc) is 2.98. The van der Waals surface area contributed by atoms with E-state index in [-0.39, 0.29) is 5.91 Å². The Kier molecular flexibility index (Phi) is 8.35. The molecule has 1 amide bonds. The Morgan fingerprint density at radius 2 is 1.76 bits per heavy atom. The largest absolute Gasteiger partial charge is 0.370 e. The van der Waals surface area contributed by atoms with Crippen LogP contribution < -0.4 is 11.1 Å². The van der Waals surface area contributed by atoms with Gasteiger partial charge in [-0.05, 0) is 55.8 Å². The van der Waals surface area contributed by atoms with Crippen LogP contribution in [0.25, 0.3) is 0 Å². The highest BCUT2D eigenvalue weighted by atomic mass is 16.1. The van der Waals surface area contributed by atoms with Crippen LogP contribution in [0.15, 0.2) is 29.3 Å². The molecule has 1 atom stereocenters. The summed E-state index contributed by atoms with van der Waals surface area (Å²) in [5.74, 6) is 1.03. The fourth-order valence-corrected chi connectivity index (χ4v) is 4.54. The normalized spacial score (nSPS) is 21.6. The van der Waals surface area contributed by atoms with Gasteiger partial charge in [0.05, 0.1) is 0 Å². The van der Waals surface area contributed by atoms with Crippen molar-refractivity contribution < 1.29 is 4.79 Å². The number of hydrogen-bond acceptors (Lipinski definition) is 3. The zero-order valence-corrected chi connectivity index (χ0v) is 17.9. The molecule has 3 rings (SSSR count). The first-order chi connectivity index (χ1) is 14.1. The molecule has 2 heterocycles. The molecule has 1 aromatic rings. The molecule has 6 heteroatoms. The van der Waals surface area contributed by atoms with Crippen LogP contribution in [0.1, 0.15) is 56.1 Å². The van der Waals surface area contributed by atoms with E-state index in [1.54, 1.807) is 0 Å². The first kappa shape index (κ1) is 21.6. The molecule has 2 saturated heterocycles. The quantitative estimate of drug-likeness (QED) is 0.570.